The first-order valence-corrected chi connectivity index (χ1v) is 7.35. The van der Waals surface area contributed by atoms with Gasteiger partial charge in [0.1, 0.15) is 17.2 Å². The van der Waals surface area contributed by atoms with Crippen LogP contribution in [0.25, 0.3) is 16.9 Å². The molecule has 2 heterocycles. The lowest BCUT2D eigenvalue weighted by molar-refractivity contribution is 1.09. The molecule has 20 heavy (non-hydrogen) atoms. The molecule has 3 aromatic rings. The molecule has 102 valence electrons. The van der Waals surface area contributed by atoms with E-state index in [0.717, 1.165) is 37.7 Å². The smallest absolute Gasteiger partial charge is 0.139 e. The minimum atomic E-state index is 0.624. The van der Waals surface area contributed by atoms with Gasteiger partial charge in [-0.25, -0.2) is 4.98 Å². The van der Waals surface area contributed by atoms with Gasteiger partial charge in [-0.2, -0.15) is 0 Å². The number of rotatable bonds is 1. The van der Waals surface area contributed by atoms with Gasteiger partial charge in [0, 0.05) is 20.8 Å². The van der Waals surface area contributed by atoms with Gasteiger partial charge >= 0.3 is 0 Å². The predicted molar refractivity (Wildman–Crippen MR) is 87.2 cm³/mol. The number of pyridine rings is 1. The minimum Gasteiger partial charge on any atom is -0.383 e. The van der Waals surface area contributed by atoms with E-state index in [4.69, 9.17) is 17.3 Å². The highest BCUT2D eigenvalue weighted by Gasteiger charge is 2.14. The van der Waals surface area contributed by atoms with Gasteiger partial charge < -0.3 is 5.73 Å². The molecule has 0 aliphatic carbocycles. The fourth-order valence-corrected chi connectivity index (χ4v) is 2.73. The molecule has 0 spiro atoms. The third kappa shape index (κ3) is 2.00. The Labute approximate surface area is 130 Å². The van der Waals surface area contributed by atoms with Crippen LogP contribution in [0.2, 0.25) is 5.02 Å². The maximum Gasteiger partial charge on any atom is 0.139 e. The molecule has 3 nitrogen and oxygen atoms in total. The van der Waals surface area contributed by atoms with Gasteiger partial charge in [-0.15, -0.1) is 0 Å². The van der Waals surface area contributed by atoms with Gasteiger partial charge in [0.2, 0.25) is 0 Å². The van der Waals surface area contributed by atoms with E-state index in [1.807, 2.05) is 48.6 Å². The molecule has 0 unspecified atom stereocenters. The van der Waals surface area contributed by atoms with Gasteiger partial charge in [0.15, 0.2) is 0 Å². The van der Waals surface area contributed by atoms with Crippen LogP contribution in [0.4, 0.5) is 5.82 Å². The third-order valence-corrected chi connectivity index (χ3v) is 4.69. The molecular weight excluding hydrogens is 338 g/mol. The summed E-state index contributed by atoms with van der Waals surface area (Å²) < 4.78 is 2.94. The van der Waals surface area contributed by atoms with E-state index < -0.39 is 0 Å². The molecule has 0 amide bonds. The van der Waals surface area contributed by atoms with Crippen LogP contribution in [0.3, 0.4) is 0 Å². The van der Waals surface area contributed by atoms with E-state index in [-0.39, 0.29) is 0 Å². The van der Waals surface area contributed by atoms with Crippen molar-refractivity contribution >= 4 is 39.0 Å². The lowest BCUT2D eigenvalue weighted by atomic mass is 10.1. The van der Waals surface area contributed by atoms with Crippen molar-refractivity contribution in [3.05, 3.63) is 51.1 Å². The van der Waals surface area contributed by atoms with Crippen LogP contribution in [0.5, 0.6) is 0 Å². The van der Waals surface area contributed by atoms with Crippen LogP contribution in [-0.2, 0) is 0 Å². The number of nitrogen functional groups attached to an aromatic ring is 1. The lowest BCUT2D eigenvalue weighted by Crippen LogP contribution is -1.98. The number of aromatic nitrogens is 2. The normalized spacial score (nSPS) is 11.2. The van der Waals surface area contributed by atoms with Crippen molar-refractivity contribution in [2.75, 3.05) is 5.73 Å². The molecular formula is C15H13BrClN3. The topological polar surface area (TPSA) is 43.3 Å². The second-order valence-corrected chi connectivity index (χ2v) is 6.03. The first-order chi connectivity index (χ1) is 9.49. The number of hydrogen-bond acceptors (Lipinski definition) is 2. The molecule has 0 aliphatic heterocycles. The number of hydrogen-bond donors (Lipinski definition) is 1. The van der Waals surface area contributed by atoms with Crippen LogP contribution in [0.15, 0.2) is 34.8 Å². The molecule has 5 heteroatoms. The molecule has 2 aromatic heterocycles. The average Bonchev–Trinajstić information content (AvgIpc) is 2.75. The molecule has 0 radical (unpaired) electrons. The van der Waals surface area contributed by atoms with Crippen molar-refractivity contribution in [1.82, 2.24) is 9.38 Å². The summed E-state index contributed by atoms with van der Waals surface area (Å²) in [5, 5.41) is 0.719. The average molecular weight is 351 g/mol. The Bertz CT molecular complexity index is 824. The first-order valence-electron chi connectivity index (χ1n) is 6.18. The number of anilines is 1. The largest absolute Gasteiger partial charge is 0.383 e. The zero-order chi connectivity index (χ0) is 14.4. The number of fused-ring (bicyclic) bond motifs is 1. The zero-order valence-electron chi connectivity index (χ0n) is 11.1. The minimum absolute atomic E-state index is 0.624. The first kappa shape index (κ1) is 13.5. The molecule has 1 aromatic carbocycles. The second-order valence-electron chi connectivity index (χ2n) is 4.77. The van der Waals surface area contributed by atoms with Crippen molar-refractivity contribution in [1.29, 1.82) is 0 Å². The third-order valence-electron chi connectivity index (χ3n) is 3.44. The number of aryl methyl sites for hydroxylation is 2. The van der Waals surface area contributed by atoms with Gasteiger partial charge in [-0.3, -0.25) is 4.40 Å². The van der Waals surface area contributed by atoms with Crippen LogP contribution < -0.4 is 5.73 Å². The van der Waals surface area contributed by atoms with Gasteiger partial charge in [-0.1, -0.05) is 23.7 Å². The van der Waals surface area contributed by atoms with Crippen molar-refractivity contribution in [3.63, 3.8) is 0 Å². The number of benzene rings is 1. The Morgan fingerprint density at radius 1 is 1.20 bits per heavy atom. The summed E-state index contributed by atoms with van der Waals surface area (Å²) in [7, 11) is 0. The van der Waals surface area contributed by atoms with E-state index in [1.54, 1.807) is 0 Å². The van der Waals surface area contributed by atoms with Crippen LogP contribution in [-0.4, -0.2) is 9.38 Å². The number of nitrogens with two attached hydrogens (primary N) is 1. The molecule has 2 N–H and O–H groups in total. The Kier molecular flexibility index (Phi) is 3.22. The maximum atomic E-state index is 6.27. The summed E-state index contributed by atoms with van der Waals surface area (Å²) in [5.74, 6) is 0.624. The number of nitrogens with zero attached hydrogens (tertiary/aromatic N) is 2. The number of halogens is 2. The van der Waals surface area contributed by atoms with Crippen molar-refractivity contribution in [2.24, 2.45) is 0 Å². The van der Waals surface area contributed by atoms with Crippen molar-refractivity contribution < 1.29 is 0 Å². The van der Waals surface area contributed by atoms with Crippen LogP contribution in [0.1, 0.15) is 11.3 Å². The summed E-state index contributed by atoms with van der Waals surface area (Å²) in [5.41, 5.74) is 10.8. The quantitative estimate of drug-likeness (QED) is 0.696. The Balaban J connectivity index is 2.29. The van der Waals surface area contributed by atoms with Crippen LogP contribution in [0, 0.1) is 13.8 Å². The van der Waals surface area contributed by atoms with Crippen molar-refractivity contribution in [3.8, 4) is 11.3 Å². The highest BCUT2D eigenvalue weighted by Crippen LogP contribution is 2.31. The van der Waals surface area contributed by atoms with Gasteiger partial charge in [-0.05, 0) is 53.5 Å². The van der Waals surface area contributed by atoms with Gasteiger partial charge in [0.05, 0.1) is 0 Å². The van der Waals surface area contributed by atoms with E-state index in [0.29, 0.717) is 5.82 Å². The Morgan fingerprint density at radius 2 is 1.95 bits per heavy atom. The van der Waals surface area contributed by atoms with E-state index in [1.165, 1.54) is 0 Å². The Morgan fingerprint density at radius 3 is 2.65 bits per heavy atom. The summed E-state index contributed by atoms with van der Waals surface area (Å²) in [4.78, 5) is 4.61. The number of imidazole rings is 1. The highest BCUT2D eigenvalue weighted by molar-refractivity contribution is 9.10. The van der Waals surface area contributed by atoms with Crippen molar-refractivity contribution in [2.45, 2.75) is 13.8 Å². The highest BCUT2D eigenvalue weighted by atomic mass is 79.9. The second kappa shape index (κ2) is 4.79. The molecule has 0 saturated heterocycles. The lowest BCUT2D eigenvalue weighted by Gasteiger charge is -2.05. The SMILES string of the molecule is Cc1ccc(-c2nc3ccc(Br)c(C)n3c2N)cc1Cl. The summed E-state index contributed by atoms with van der Waals surface area (Å²) >= 11 is 9.70. The summed E-state index contributed by atoms with van der Waals surface area (Å²) in [6.07, 6.45) is 0. The molecule has 3 rings (SSSR count). The summed E-state index contributed by atoms with van der Waals surface area (Å²) in [6.45, 7) is 3.97. The van der Waals surface area contributed by atoms with E-state index in [9.17, 15) is 0 Å². The molecule has 0 bridgehead atoms. The molecule has 0 fully saturated rings. The predicted octanol–water partition coefficient (Wildman–Crippen LogP) is 4.62. The summed E-state index contributed by atoms with van der Waals surface area (Å²) in [6, 6.07) is 9.78. The standard InChI is InChI=1S/C15H13BrClN3/c1-8-3-4-10(7-12(8)17)14-15(18)20-9(2)11(16)5-6-13(20)19-14/h3-7H,18H2,1-2H3. The van der Waals surface area contributed by atoms with E-state index in [2.05, 4.69) is 20.9 Å². The molecule has 0 saturated carbocycles. The van der Waals surface area contributed by atoms with E-state index >= 15 is 0 Å². The fourth-order valence-electron chi connectivity index (χ4n) is 2.24. The zero-order valence-corrected chi connectivity index (χ0v) is 13.5. The monoisotopic (exact) mass is 349 g/mol. The van der Waals surface area contributed by atoms with Crippen LogP contribution >= 0.6 is 27.5 Å². The molecule has 0 aliphatic rings. The van der Waals surface area contributed by atoms with Gasteiger partial charge in [0.25, 0.3) is 0 Å². The molecule has 0 atom stereocenters. The Hall–Kier alpha value is -1.52. The fraction of sp³-hybridized carbons (Fsp3) is 0.133. The maximum absolute atomic E-state index is 6.27.